The Morgan fingerprint density at radius 2 is 2.25 bits per heavy atom. The standard InChI is InChI=1S/C9H14N2O/c1-6-7(2)10-12-9(6)8-4-5-11(8)3/h8H,4-5H2,1-3H3. The van der Waals surface area contributed by atoms with E-state index in [1.54, 1.807) is 0 Å². The fraction of sp³-hybridized carbons (Fsp3) is 0.667. The Kier molecular flexibility index (Phi) is 1.68. The molecule has 3 heteroatoms. The number of aromatic nitrogens is 1. The Morgan fingerprint density at radius 1 is 1.50 bits per heavy atom. The molecule has 12 heavy (non-hydrogen) atoms. The first-order chi connectivity index (χ1) is 5.70. The molecule has 0 saturated carbocycles. The first-order valence-electron chi connectivity index (χ1n) is 4.33. The first kappa shape index (κ1) is 7.80. The Balaban J connectivity index is 2.28. The highest BCUT2D eigenvalue weighted by atomic mass is 16.5. The van der Waals surface area contributed by atoms with Crippen LogP contribution in [0.2, 0.25) is 0 Å². The maximum atomic E-state index is 5.28. The van der Waals surface area contributed by atoms with E-state index < -0.39 is 0 Å². The van der Waals surface area contributed by atoms with Crippen LogP contribution in [0.1, 0.15) is 29.5 Å². The second-order valence-corrected chi connectivity index (χ2v) is 3.54. The second kappa shape index (κ2) is 2.59. The molecule has 0 aliphatic carbocycles. The average Bonchev–Trinajstić information content (AvgIpc) is 2.34. The monoisotopic (exact) mass is 166 g/mol. The smallest absolute Gasteiger partial charge is 0.157 e. The average molecular weight is 166 g/mol. The van der Waals surface area contributed by atoms with Crippen LogP contribution in [0.3, 0.4) is 0 Å². The van der Waals surface area contributed by atoms with E-state index in [0.717, 1.165) is 11.5 Å². The van der Waals surface area contributed by atoms with Crippen LogP contribution in [-0.4, -0.2) is 23.6 Å². The highest BCUT2D eigenvalue weighted by Gasteiger charge is 2.30. The Bertz CT molecular complexity index is 293. The zero-order chi connectivity index (χ0) is 8.72. The molecule has 1 unspecified atom stereocenters. The molecule has 0 radical (unpaired) electrons. The van der Waals surface area contributed by atoms with Crippen molar-refractivity contribution in [2.45, 2.75) is 26.3 Å². The van der Waals surface area contributed by atoms with Gasteiger partial charge in [0, 0.05) is 12.1 Å². The van der Waals surface area contributed by atoms with E-state index in [9.17, 15) is 0 Å². The van der Waals surface area contributed by atoms with Crippen molar-refractivity contribution >= 4 is 0 Å². The van der Waals surface area contributed by atoms with Crippen LogP contribution in [0.5, 0.6) is 0 Å². The van der Waals surface area contributed by atoms with Crippen molar-refractivity contribution in [1.29, 1.82) is 0 Å². The molecule has 1 fully saturated rings. The summed E-state index contributed by atoms with van der Waals surface area (Å²) in [6.45, 7) is 5.23. The van der Waals surface area contributed by atoms with Crippen molar-refractivity contribution < 1.29 is 4.52 Å². The van der Waals surface area contributed by atoms with Crippen LogP contribution in [0, 0.1) is 13.8 Å². The zero-order valence-electron chi connectivity index (χ0n) is 7.79. The van der Waals surface area contributed by atoms with Gasteiger partial charge in [-0.05, 0) is 27.3 Å². The Morgan fingerprint density at radius 3 is 2.58 bits per heavy atom. The maximum absolute atomic E-state index is 5.28. The summed E-state index contributed by atoms with van der Waals surface area (Å²) in [4.78, 5) is 2.28. The Hall–Kier alpha value is -0.830. The van der Waals surface area contributed by atoms with Crippen molar-refractivity contribution in [3.8, 4) is 0 Å². The van der Waals surface area contributed by atoms with Gasteiger partial charge in [0.15, 0.2) is 5.76 Å². The van der Waals surface area contributed by atoms with Crippen molar-refractivity contribution in [2.75, 3.05) is 13.6 Å². The number of likely N-dealkylation sites (tertiary alicyclic amines) is 1. The number of aryl methyl sites for hydroxylation is 1. The van der Waals surface area contributed by atoms with Crippen LogP contribution in [0.25, 0.3) is 0 Å². The summed E-state index contributed by atoms with van der Waals surface area (Å²) in [7, 11) is 2.12. The summed E-state index contributed by atoms with van der Waals surface area (Å²) < 4.78 is 5.28. The van der Waals surface area contributed by atoms with Crippen molar-refractivity contribution in [1.82, 2.24) is 10.1 Å². The third kappa shape index (κ3) is 0.966. The van der Waals surface area contributed by atoms with Crippen LogP contribution < -0.4 is 0 Å². The molecule has 1 aliphatic rings. The van der Waals surface area contributed by atoms with Gasteiger partial charge in [0.2, 0.25) is 0 Å². The third-order valence-electron chi connectivity index (χ3n) is 2.78. The lowest BCUT2D eigenvalue weighted by Crippen LogP contribution is -2.37. The molecule has 2 rings (SSSR count). The third-order valence-corrected chi connectivity index (χ3v) is 2.78. The molecule has 1 aromatic rings. The zero-order valence-corrected chi connectivity index (χ0v) is 7.79. The van der Waals surface area contributed by atoms with Crippen molar-refractivity contribution in [2.24, 2.45) is 0 Å². The summed E-state index contributed by atoms with van der Waals surface area (Å²) in [5, 5.41) is 3.95. The normalized spacial score (nSPS) is 24.1. The molecule has 2 heterocycles. The first-order valence-corrected chi connectivity index (χ1v) is 4.33. The minimum Gasteiger partial charge on any atom is -0.359 e. The van der Waals surface area contributed by atoms with Gasteiger partial charge in [-0.15, -0.1) is 0 Å². The predicted octanol–water partition coefficient (Wildman–Crippen LogP) is 1.67. The van der Waals surface area contributed by atoms with Gasteiger partial charge in [0.05, 0.1) is 11.7 Å². The van der Waals surface area contributed by atoms with E-state index in [2.05, 4.69) is 24.0 Å². The van der Waals surface area contributed by atoms with Crippen molar-refractivity contribution in [3.05, 3.63) is 17.0 Å². The molecule has 0 spiro atoms. The predicted molar refractivity (Wildman–Crippen MR) is 46.0 cm³/mol. The fourth-order valence-electron chi connectivity index (χ4n) is 1.59. The van der Waals surface area contributed by atoms with Crippen molar-refractivity contribution in [3.63, 3.8) is 0 Å². The van der Waals surface area contributed by atoms with Crippen LogP contribution in [0.4, 0.5) is 0 Å². The SMILES string of the molecule is Cc1noc(C2CCN2C)c1C. The molecule has 1 aliphatic heterocycles. The Labute approximate surface area is 72.3 Å². The molecule has 66 valence electrons. The van der Waals surface area contributed by atoms with Gasteiger partial charge in [-0.3, -0.25) is 4.90 Å². The lowest BCUT2D eigenvalue weighted by molar-refractivity contribution is 0.0990. The molecule has 0 aromatic carbocycles. The topological polar surface area (TPSA) is 29.3 Å². The number of rotatable bonds is 1. The molecular weight excluding hydrogens is 152 g/mol. The quantitative estimate of drug-likeness (QED) is 0.635. The van der Waals surface area contributed by atoms with Gasteiger partial charge in [-0.1, -0.05) is 5.16 Å². The van der Waals surface area contributed by atoms with Gasteiger partial charge in [0.1, 0.15) is 0 Å². The number of hydrogen-bond donors (Lipinski definition) is 0. The molecule has 1 saturated heterocycles. The highest BCUT2D eigenvalue weighted by molar-refractivity contribution is 5.23. The molecular formula is C9H14N2O. The van der Waals surface area contributed by atoms with Crippen LogP contribution in [-0.2, 0) is 0 Å². The van der Waals surface area contributed by atoms with E-state index in [1.165, 1.54) is 18.5 Å². The van der Waals surface area contributed by atoms with Gasteiger partial charge in [-0.2, -0.15) is 0 Å². The largest absolute Gasteiger partial charge is 0.359 e. The molecule has 3 nitrogen and oxygen atoms in total. The molecule has 1 aromatic heterocycles. The molecule has 0 bridgehead atoms. The summed E-state index contributed by atoms with van der Waals surface area (Å²) in [5.74, 6) is 1.06. The second-order valence-electron chi connectivity index (χ2n) is 3.54. The molecule has 0 amide bonds. The molecule has 0 N–H and O–H groups in total. The summed E-state index contributed by atoms with van der Waals surface area (Å²) in [6.07, 6.45) is 1.20. The number of hydrogen-bond acceptors (Lipinski definition) is 3. The minimum absolute atomic E-state index is 0.478. The van der Waals surface area contributed by atoms with E-state index in [1.807, 2.05) is 6.92 Å². The van der Waals surface area contributed by atoms with Gasteiger partial charge in [-0.25, -0.2) is 0 Å². The summed E-state index contributed by atoms with van der Waals surface area (Å²) in [5.41, 5.74) is 2.23. The van der Waals surface area contributed by atoms with Crippen LogP contribution in [0.15, 0.2) is 4.52 Å². The van der Waals surface area contributed by atoms with E-state index in [0.29, 0.717) is 6.04 Å². The lowest BCUT2D eigenvalue weighted by Gasteiger charge is -2.36. The summed E-state index contributed by atoms with van der Waals surface area (Å²) >= 11 is 0. The van der Waals surface area contributed by atoms with Crippen LogP contribution >= 0.6 is 0 Å². The lowest BCUT2D eigenvalue weighted by atomic mass is 9.98. The molecule has 1 atom stereocenters. The maximum Gasteiger partial charge on any atom is 0.157 e. The van der Waals surface area contributed by atoms with Gasteiger partial charge in [0.25, 0.3) is 0 Å². The van der Waals surface area contributed by atoms with E-state index >= 15 is 0 Å². The van der Waals surface area contributed by atoms with Gasteiger partial charge < -0.3 is 4.52 Å². The summed E-state index contributed by atoms with van der Waals surface area (Å²) in [6, 6.07) is 0.478. The minimum atomic E-state index is 0.478. The van der Waals surface area contributed by atoms with E-state index in [-0.39, 0.29) is 0 Å². The van der Waals surface area contributed by atoms with E-state index in [4.69, 9.17) is 4.52 Å². The highest BCUT2D eigenvalue weighted by Crippen LogP contribution is 2.33. The number of nitrogens with zero attached hydrogens (tertiary/aromatic N) is 2. The fourth-order valence-corrected chi connectivity index (χ4v) is 1.59. The van der Waals surface area contributed by atoms with Gasteiger partial charge >= 0.3 is 0 Å².